The quantitative estimate of drug-likeness (QED) is 0.652. The topological polar surface area (TPSA) is 25.8 Å². The van der Waals surface area contributed by atoms with E-state index in [2.05, 4.69) is 37.7 Å². The maximum Gasteiger partial charge on any atom is 0.115 e. The zero-order valence-electron chi connectivity index (χ0n) is 11.8. The van der Waals surface area contributed by atoms with Crippen molar-refractivity contribution < 1.29 is 0 Å². The highest BCUT2D eigenvalue weighted by molar-refractivity contribution is 5.22. The highest BCUT2D eigenvalue weighted by Crippen LogP contribution is 2.29. The minimum atomic E-state index is 0.180. The molecule has 0 aliphatic heterocycles. The van der Waals surface area contributed by atoms with Crippen LogP contribution in [0.5, 0.6) is 0 Å². The second-order valence-corrected chi connectivity index (χ2v) is 5.60. The SMILES string of the molecule is CCCCCCCC(C)(C)c1ncncc1C. The Labute approximate surface area is 106 Å². The van der Waals surface area contributed by atoms with Gasteiger partial charge in [-0.3, -0.25) is 0 Å². The van der Waals surface area contributed by atoms with Gasteiger partial charge < -0.3 is 0 Å². The van der Waals surface area contributed by atoms with Crippen molar-refractivity contribution in [1.29, 1.82) is 0 Å². The van der Waals surface area contributed by atoms with Crippen LogP contribution in [-0.4, -0.2) is 9.97 Å². The molecule has 17 heavy (non-hydrogen) atoms. The Balaban J connectivity index is 2.48. The van der Waals surface area contributed by atoms with E-state index < -0.39 is 0 Å². The molecular formula is C15H26N2. The summed E-state index contributed by atoms with van der Waals surface area (Å²) in [7, 11) is 0. The first kappa shape index (κ1) is 14.1. The molecule has 0 unspecified atom stereocenters. The van der Waals surface area contributed by atoms with Gasteiger partial charge in [-0.05, 0) is 18.9 Å². The molecule has 96 valence electrons. The Morgan fingerprint density at radius 2 is 1.82 bits per heavy atom. The van der Waals surface area contributed by atoms with Crippen molar-refractivity contribution in [3.63, 3.8) is 0 Å². The van der Waals surface area contributed by atoms with Gasteiger partial charge >= 0.3 is 0 Å². The van der Waals surface area contributed by atoms with Crippen LogP contribution in [0.2, 0.25) is 0 Å². The fraction of sp³-hybridized carbons (Fsp3) is 0.733. The molecule has 1 heterocycles. The zero-order chi connectivity index (χ0) is 12.7. The summed E-state index contributed by atoms with van der Waals surface area (Å²) < 4.78 is 0. The normalized spacial score (nSPS) is 11.8. The minimum absolute atomic E-state index is 0.180. The Hall–Kier alpha value is -0.920. The number of unbranched alkanes of at least 4 members (excludes halogenated alkanes) is 4. The van der Waals surface area contributed by atoms with Gasteiger partial charge in [0, 0.05) is 11.6 Å². The Kier molecular flexibility index (Phi) is 5.60. The predicted molar refractivity (Wildman–Crippen MR) is 73.2 cm³/mol. The van der Waals surface area contributed by atoms with Crippen molar-refractivity contribution in [2.24, 2.45) is 0 Å². The lowest BCUT2D eigenvalue weighted by Gasteiger charge is -2.25. The van der Waals surface area contributed by atoms with Gasteiger partial charge in [-0.2, -0.15) is 0 Å². The van der Waals surface area contributed by atoms with Gasteiger partial charge in [0.2, 0.25) is 0 Å². The molecule has 2 nitrogen and oxygen atoms in total. The van der Waals surface area contributed by atoms with Crippen LogP contribution in [0.25, 0.3) is 0 Å². The smallest absolute Gasteiger partial charge is 0.115 e. The molecule has 0 aliphatic carbocycles. The van der Waals surface area contributed by atoms with Crippen LogP contribution in [0.4, 0.5) is 0 Å². The predicted octanol–water partition coefficient (Wildman–Crippen LogP) is 4.42. The standard InChI is InChI=1S/C15H26N2/c1-5-6-7-8-9-10-15(3,4)14-13(2)11-16-12-17-14/h11-12H,5-10H2,1-4H3. The van der Waals surface area contributed by atoms with E-state index in [0.717, 1.165) is 0 Å². The second kappa shape index (κ2) is 6.73. The lowest BCUT2D eigenvalue weighted by Crippen LogP contribution is -2.20. The van der Waals surface area contributed by atoms with Gasteiger partial charge in [0.1, 0.15) is 6.33 Å². The van der Waals surface area contributed by atoms with E-state index in [-0.39, 0.29) is 5.41 Å². The van der Waals surface area contributed by atoms with E-state index in [9.17, 15) is 0 Å². The van der Waals surface area contributed by atoms with Crippen molar-refractivity contribution in [1.82, 2.24) is 9.97 Å². The second-order valence-electron chi connectivity index (χ2n) is 5.60. The third-order valence-electron chi connectivity index (χ3n) is 3.44. The van der Waals surface area contributed by atoms with Crippen molar-refractivity contribution in [3.05, 3.63) is 23.8 Å². The average Bonchev–Trinajstić information content (AvgIpc) is 2.29. The first-order valence-electron chi connectivity index (χ1n) is 6.85. The molecule has 0 aromatic carbocycles. The minimum Gasteiger partial charge on any atom is -0.245 e. The molecular weight excluding hydrogens is 208 g/mol. The van der Waals surface area contributed by atoms with Gasteiger partial charge in [-0.25, -0.2) is 9.97 Å². The largest absolute Gasteiger partial charge is 0.245 e. The van der Waals surface area contributed by atoms with Gasteiger partial charge in [0.25, 0.3) is 0 Å². The van der Waals surface area contributed by atoms with E-state index >= 15 is 0 Å². The van der Waals surface area contributed by atoms with E-state index in [4.69, 9.17) is 0 Å². The van der Waals surface area contributed by atoms with E-state index in [1.54, 1.807) is 6.33 Å². The average molecular weight is 234 g/mol. The molecule has 0 amide bonds. The maximum atomic E-state index is 4.45. The van der Waals surface area contributed by atoms with Crippen LogP contribution in [0, 0.1) is 6.92 Å². The number of nitrogens with zero attached hydrogens (tertiary/aromatic N) is 2. The summed E-state index contributed by atoms with van der Waals surface area (Å²) in [4.78, 5) is 8.52. The van der Waals surface area contributed by atoms with Gasteiger partial charge in [-0.15, -0.1) is 0 Å². The first-order chi connectivity index (χ1) is 8.08. The molecule has 1 aromatic rings. The fourth-order valence-electron chi connectivity index (χ4n) is 2.40. The fourth-order valence-corrected chi connectivity index (χ4v) is 2.40. The molecule has 1 rings (SSSR count). The molecule has 0 spiro atoms. The molecule has 0 saturated carbocycles. The van der Waals surface area contributed by atoms with Gasteiger partial charge in [-0.1, -0.05) is 52.9 Å². The third-order valence-corrected chi connectivity index (χ3v) is 3.44. The van der Waals surface area contributed by atoms with Crippen molar-refractivity contribution in [3.8, 4) is 0 Å². The lowest BCUT2D eigenvalue weighted by molar-refractivity contribution is 0.430. The molecule has 0 radical (unpaired) electrons. The highest BCUT2D eigenvalue weighted by atomic mass is 14.8. The number of aryl methyl sites for hydroxylation is 1. The summed E-state index contributed by atoms with van der Waals surface area (Å²) in [5.41, 5.74) is 2.60. The maximum absolute atomic E-state index is 4.45. The van der Waals surface area contributed by atoms with Crippen LogP contribution >= 0.6 is 0 Å². The highest BCUT2D eigenvalue weighted by Gasteiger charge is 2.23. The molecule has 0 aliphatic rings. The van der Waals surface area contributed by atoms with Crippen molar-refractivity contribution >= 4 is 0 Å². The lowest BCUT2D eigenvalue weighted by atomic mass is 9.81. The summed E-state index contributed by atoms with van der Waals surface area (Å²) in [5.74, 6) is 0. The Morgan fingerprint density at radius 1 is 1.12 bits per heavy atom. The summed E-state index contributed by atoms with van der Waals surface area (Å²) in [5, 5.41) is 0. The molecule has 2 heteroatoms. The number of rotatable bonds is 7. The van der Waals surface area contributed by atoms with Crippen molar-refractivity contribution in [2.75, 3.05) is 0 Å². The van der Waals surface area contributed by atoms with E-state index in [1.165, 1.54) is 49.8 Å². The van der Waals surface area contributed by atoms with Crippen molar-refractivity contribution in [2.45, 2.75) is 71.6 Å². The van der Waals surface area contributed by atoms with Crippen LogP contribution in [-0.2, 0) is 5.41 Å². The van der Waals surface area contributed by atoms with E-state index in [1.807, 2.05) is 6.20 Å². The first-order valence-corrected chi connectivity index (χ1v) is 6.85. The Morgan fingerprint density at radius 3 is 2.47 bits per heavy atom. The summed E-state index contributed by atoms with van der Waals surface area (Å²) in [6, 6.07) is 0. The van der Waals surface area contributed by atoms with Gasteiger partial charge in [0.15, 0.2) is 0 Å². The number of hydrogen-bond acceptors (Lipinski definition) is 2. The van der Waals surface area contributed by atoms with Crippen LogP contribution in [0.15, 0.2) is 12.5 Å². The molecule has 0 atom stereocenters. The molecule has 0 fully saturated rings. The zero-order valence-corrected chi connectivity index (χ0v) is 11.8. The van der Waals surface area contributed by atoms with Crippen LogP contribution < -0.4 is 0 Å². The number of hydrogen-bond donors (Lipinski definition) is 0. The van der Waals surface area contributed by atoms with E-state index in [0.29, 0.717) is 0 Å². The molecule has 0 saturated heterocycles. The molecule has 0 bridgehead atoms. The van der Waals surface area contributed by atoms with Crippen LogP contribution in [0.3, 0.4) is 0 Å². The monoisotopic (exact) mass is 234 g/mol. The number of aromatic nitrogens is 2. The Bertz CT molecular complexity index is 331. The summed E-state index contributed by atoms with van der Waals surface area (Å²) in [6.07, 6.45) is 11.5. The van der Waals surface area contributed by atoms with Gasteiger partial charge in [0.05, 0.1) is 5.69 Å². The molecule has 0 N–H and O–H groups in total. The van der Waals surface area contributed by atoms with Crippen LogP contribution in [0.1, 0.15) is 70.6 Å². The summed E-state index contributed by atoms with van der Waals surface area (Å²) >= 11 is 0. The third kappa shape index (κ3) is 4.45. The molecule has 1 aromatic heterocycles. The summed E-state index contributed by atoms with van der Waals surface area (Å²) in [6.45, 7) is 8.95.